The molecule has 1 N–H and O–H groups in total. The Balaban J connectivity index is 2.24. The van der Waals surface area contributed by atoms with Crippen LogP contribution >= 0.6 is 0 Å². The van der Waals surface area contributed by atoms with Crippen molar-refractivity contribution >= 4 is 5.91 Å². The molecule has 1 aromatic rings. The molecule has 0 aliphatic carbocycles. The van der Waals surface area contributed by atoms with E-state index in [1.54, 1.807) is 0 Å². The molecule has 1 heterocycles. The molecule has 2 nitrogen and oxygen atoms in total. The topological polar surface area (TPSA) is 29.1 Å². The van der Waals surface area contributed by atoms with Gasteiger partial charge in [0.2, 0.25) is 0 Å². The molecule has 0 spiro atoms. The standard InChI is InChI=1S/C12H15NO/c1-2-5-10-8-9-6-3-4-7-11(9)12(14)13-10/h3-4,6-7,10H,2,5,8H2,1H3,(H,13,14). The van der Waals surface area contributed by atoms with Gasteiger partial charge in [0.1, 0.15) is 0 Å². The lowest BCUT2D eigenvalue weighted by molar-refractivity contribution is 0.0923. The summed E-state index contributed by atoms with van der Waals surface area (Å²) in [7, 11) is 0. The lowest BCUT2D eigenvalue weighted by Gasteiger charge is -2.25. The zero-order valence-electron chi connectivity index (χ0n) is 8.42. The van der Waals surface area contributed by atoms with E-state index >= 15 is 0 Å². The average molecular weight is 189 g/mol. The second-order valence-electron chi connectivity index (χ2n) is 3.82. The summed E-state index contributed by atoms with van der Waals surface area (Å²) in [5.74, 6) is 0.0882. The number of benzene rings is 1. The minimum absolute atomic E-state index is 0.0882. The first-order valence-corrected chi connectivity index (χ1v) is 5.20. The summed E-state index contributed by atoms with van der Waals surface area (Å²) in [4.78, 5) is 11.7. The second-order valence-corrected chi connectivity index (χ2v) is 3.82. The third-order valence-electron chi connectivity index (χ3n) is 2.70. The van der Waals surface area contributed by atoms with Crippen molar-refractivity contribution in [2.24, 2.45) is 0 Å². The van der Waals surface area contributed by atoms with E-state index in [0.29, 0.717) is 6.04 Å². The summed E-state index contributed by atoms with van der Waals surface area (Å²) in [6.45, 7) is 2.15. The van der Waals surface area contributed by atoms with E-state index < -0.39 is 0 Å². The van der Waals surface area contributed by atoms with Crippen LogP contribution in [-0.4, -0.2) is 11.9 Å². The van der Waals surface area contributed by atoms with Crippen LogP contribution in [0.2, 0.25) is 0 Å². The van der Waals surface area contributed by atoms with E-state index in [9.17, 15) is 4.79 Å². The van der Waals surface area contributed by atoms with Gasteiger partial charge in [-0.3, -0.25) is 4.79 Å². The molecule has 0 saturated carbocycles. The van der Waals surface area contributed by atoms with Crippen LogP contribution in [-0.2, 0) is 6.42 Å². The number of hydrogen-bond acceptors (Lipinski definition) is 1. The summed E-state index contributed by atoms with van der Waals surface area (Å²) in [6.07, 6.45) is 3.17. The first kappa shape index (κ1) is 9.25. The Bertz CT molecular complexity index is 346. The molecule has 1 amide bonds. The van der Waals surface area contributed by atoms with Crippen LogP contribution in [0.15, 0.2) is 24.3 Å². The molecule has 1 atom stereocenters. The van der Waals surface area contributed by atoms with Gasteiger partial charge >= 0.3 is 0 Å². The van der Waals surface area contributed by atoms with E-state index in [2.05, 4.69) is 18.3 Å². The van der Waals surface area contributed by atoms with Gasteiger partial charge < -0.3 is 5.32 Å². The molecule has 1 aromatic carbocycles. The predicted octanol–water partition coefficient (Wildman–Crippen LogP) is 2.14. The van der Waals surface area contributed by atoms with Gasteiger partial charge in [-0.05, 0) is 24.5 Å². The normalized spacial score (nSPS) is 20.1. The fourth-order valence-electron chi connectivity index (χ4n) is 2.02. The van der Waals surface area contributed by atoms with Crippen LogP contribution < -0.4 is 5.32 Å². The summed E-state index contributed by atoms with van der Waals surface area (Å²) < 4.78 is 0. The Morgan fingerprint density at radius 3 is 3.00 bits per heavy atom. The lowest BCUT2D eigenvalue weighted by atomic mass is 9.93. The molecule has 2 rings (SSSR count). The van der Waals surface area contributed by atoms with Crippen LogP contribution in [0, 0.1) is 0 Å². The minimum Gasteiger partial charge on any atom is -0.349 e. The van der Waals surface area contributed by atoms with E-state index in [1.165, 1.54) is 5.56 Å². The molecule has 14 heavy (non-hydrogen) atoms. The Labute approximate surface area is 84.3 Å². The highest BCUT2D eigenvalue weighted by Crippen LogP contribution is 2.18. The van der Waals surface area contributed by atoms with Gasteiger partial charge in [-0.1, -0.05) is 31.5 Å². The van der Waals surface area contributed by atoms with Crippen molar-refractivity contribution in [1.29, 1.82) is 0 Å². The highest BCUT2D eigenvalue weighted by molar-refractivity contribution is 5.96. The van der Waals surface area contributed by atoms with Crippen molar-refractivity contribution in [3.63, 3.8) is 0 Å². The summed E-state index contributed by atoms with van der Waals surface area (Å²) in [5.41, 5.74) is 2.04. The molecule has 2 heteroatoms. The summed E-state index contributed by atoms with van der Waals surface area (Å²) in [5, 5.41) is 3.03. The van der Waals surface area contributed by atoms with Crippen molar-refractivity contribution in [2.45, 2.75) is 32.2 Å². The van der Waals surface area contributed by atoms with E-state index in [1.807, 2.05) is 18.2 Å². The van der Waals surface area contributed by atoms with Gasteiger partial charge in [0, 0.05) is 11.6 Å². The number of fused-ring (bicyclic) bond motifs is 1. The Hall–Kier alpha value is -1.31. The molecule has 0 bridgehead atoms. The van der Waals surface area contributed by atoms with Crippen molar-refractivity contribution in [1.82, 2.24) is 5.32 Å². The van der Waals surface area contributed by atoms with Crippen LogP contribution in [0.5, 0.6) is 0 Å². The number of nitrogens with one attached hydrogen (secondary N) is 1. The van der Waals surface area contributed by atoms with E-state index in [0.717, 1.165) is 24.8 Å². The lowest BCUT2D eigenvalue weighted by Crippen LogP contribution is -2.41. The monoisotopic (exact) mass is 189 g/mol. The molecule has 74 valence electrons. The maximum absolute atomic E-state index is 11.7. The van der Waals surface area contributed by atoms with Crippen LogP contribution in [0.25, 0.3) is 0 Å². The van der Waals surface area contributed by atoms with Crippen LogP contribution in [0.3, 0.4) is 0 Å². The smallest absolute Gasteiger partial charge is 0.251 e. The SMILES string of the molecule is CCCC1Cc2ccccc2C(=O)N1. The summed E-state index contributed by atoms with van der Waals surface area (Å²) >= 11 is 0. The average Bonchev–Trinajstić information content (AvgIpc) is 2.18. The first-order valence-electron chi connectivity index (χ1n) is 5.20. The largest absolute Gasteiger partial charge is 0.349 e. The molecule has 0 saturated heterocycles. The predicted molar refractivity (Wildman–Crippen MR) is 56.3 cm³/mol. The zero-order chi connectivity index (χ0) is 9.97. The maximum atomic E-state index is 11.7. The van der Waals surface area contributed by atoms with Gasteiger partial charge in [0.05, 0.1) is 0 Å². The van der Waals surface area contributed by atoms with Crippen molar-refractivity contribution in [3.05, 3.63) is 35.4 Å². The molecule has 0 radical (unpaired) electrons. The Morgan fingerprint density at radius 2 is 2.21 bits per heavy atom. The van der Waals surface area contributed by atoms with Gasteiger partial charge in [-0.25, -0.2) is 0 Å². The molecule has 1 unspecified atom stereocenters. The second kappa shape index (κ2) is 3.82. The fourth-order valence-corrected chi connectivity index (χ4v) is 2.02. The van der Waals surface area contributed by atoms with Gasteiger partial charge in [0.25, 0.3) is 5.91 Å². The zero-order valence-corrected chi connectivity index (χ0v) is 8.42. The summed E-state index contributed by atoms with van der Waals surface area (Å²) in [6, 6.07) is 8.20. The minimum atomic E-state index is 0.0882. The number of amides is 1. The number of carbonyl (C=O) groups excluding carboxylic acids is 1. The Morgan fingerprint density at radius 1 is 1.43 bits per heavy atom. The quantitative estimate of drug-likeness (QED) is 0.758. The molecule has 0 fully saturated rings. The Kier molecular flexibility index (Phi) is 2.53. The van der Waals surface area contributed by atoms with E-state index in [4.69, 9.17) is 0 Å². The van der Waals surface area contributed by atoms with Crippen LogP contribution in [0.4, 0.5) is 0 Å². The molecular formula is C12H15NO. The molecule has 1 aliphatic heterocycles. The third-order valence-corrected chi connectivity index (χ3v) is 2.70. The molecule has 0 aromatic heterocycles. The van der Waals surface area contributed by atoms with E-state index in [-0.39, 0.29) is 5.91 Å². The van der Waals surface area contributed by atoms with Gasteiger partial charge in [-0.2, -0.15) is 0 Å². The third kappa shape index (κ3) is 1.65. The fraction of sp³-hybridized carbons (Fsp3) is 0.417. The molecular weight excluding hydrogens is 174 g/mol. The molecule has 1 aliphatic rings. The maximum Gasteiger partial charge on any atom is 0.251 e. The van der Waals surface area contributed by atoms with Crippen molar-refractivity contribution < 1.29 is 4.79 Å². The highest BCUT2D eigenvalue weighted by atomic mass is 16.1. The number of rotatable bonds is 2. The van der Waals surface area contributed by atoms with Crippen molar-refractivity contribution in [3.8, 4) is 0 Å². The van der Waals surface area contributed by atoms with Crippen molar-refractivity contribution in [2.75, 3.05) is 0 Å². The number of carbonyl (C=O) groups is 1. The van der Waals surface area contributed by atoms with Gasteiger partial charge in [0.15, 0.2) is 0 Å². The van der Waals surface area contributed by atoms with Gasteiger partial charge in [-0.15, -0.1) is 0 Å². The first-order chi connectivity index (χ1) is 6.81. The number of hydrogen-bond donors (Lipinski definition) is 1. The van der Waals surface area contributed by atoms with Crippen LogP contribution in [0.1, 0.15) is 35.7 Å². The highest BCUT2D eigenvalue weighted by Gasteiger charge is 2.22.